The van der Waals surface area contributed by atoms with E-state index in [0.717, 1.165) is 17.0 Å². The largest absolute Gasteiger partial charge is 0.573 e. The summed E-state index contributed by atoms with van der Waals surface area (Å²) < 4.78 is 70.6. The number of aromatic nitrogens is 2. The maximum Gasteiger partial charge on any atom is 0.573 e. The number of sulfonamides is 1. The Kier molecular flexibility index (Phi) is 5.53. The van der Waals surface area contributed by atoms with Gasteiger partial charge in [-0.15, -0.1) is 24.5 Å². The molecule has 144 valence electrons. The topological polar surface area (TPSA) is 73.2 Å². The normalized spacial score (nSPS) is 13.4. The van der Waals surface area contributed by atoms with Crippen molar-refractivity contribution in [2.75, 3.05) is 6.54 Å². The van der Waals surface area contributed by atoms with E-state index in [1.165, 1.54) is 23.5 Å². The highest BCUT2D eigenvalue weighted by atomic mass is 32.2. The minimum atomic E-state index is -5.00. The Hall–Kier alpha value is -2.37. The third kappa shape index (κ3) is 4.87. The number of nitrogens with zero attached hydrogens (tertiary/aromatic N) is 2. The Morgan fingerprint density at radius 3 is 2.59 bits per heavy atom. The standard InChI is InChI=1S/C16H14F3N3O3S2/c17-16(18,19)25-13-5-1-2-7-15(13)27(23,24)21-11-12(14-6-3-10-26-14)22-9-4-8-20-22/h1-10,12,21H,11H2. The number of benzene rings is 1. The number of halogens is 3. The molecule has 0 aliphatic heterocycles. The highest BCUT2D eigenvalue weighted by Gasteiger charge is 2.34. The minimum absolute atomic E-state index is 0.0924. The first-order chi connectivity index (χ1) is 12.8. The number of nitrogens with one attached hydrogen (secondary N) is 1. The van der Waals surface area contributed by atoms with Crippen LogP contribution in [-0.2, 0) is 10.0 Å². The molecule has 1 N–H and O–H groups in total. The lowest BCUT2D eigenvalue weighted by atomic mass is 10.2. The lowest BCUT2D eigenvalue weighted by Crippen LogP contribution is -2.32. The molecule has 0 aliphatic carbocycles. The van der Waals surface area contributed by atoms with Crippen LogP contribution in [0.3, 0.4) is 0 Å². The van der Waals surface area contributed by atoms with Gasteiger partial charge in [-0.25, -0.2) is 13.1 Å². The molecule has 0 saturated carbocycles. The monoisotopic (exact) mass is 417 g/mol. The van der Waals surface area contributed by atoms with Crippen LogP contribution in [0.25, 0.3) is 0 Å². The van der Waals surface area contributed by atoms with Gasteiger partial charge in [0.25, 0.3) is 0 Å². The predicted octanol–water partition coefficient (Wildman–Crippen LogP) is 3.41. The number of para-hydroxylation sites is 1. The van der Waals surface area contributed by atoms with Crippen molar-refractivity contribution < 1.29 is 26.3 Å². The summed E-state index contributed by atoms with van der Waals surface area (Å²) in [6, 6.07) is 9.49. The van der Waals surface area contributed by atoms with Crippen molar-refractivity contribution in [1.29, 1.82) is 0 Å². The first-order valence-corrected chi connectivity index (χ1v) is 9.99. The number of thiophene rings is 1. The first-order valence-electron chi connectivity index (χ1n) is 7.63. The van der Waals surface area contributed by atoms with Gasteiger partial charge in [-0.2, -0.15) is 5.10 Å². The van der Waals surface area contributed by atoms with E-state index in [1.807, 2.05) is 17.5 Å². The second-order valence-corrected chi connectivity index (χ2v) is 8.08. The molecule has 1 atom stereocenters. The molecule has 3 rings (SSSR count). The molecule has 0 fully saturated rings. The molecule has 2 heterocycles. The Morgan fingerprint density at radius 1 is 1.19 bits per heavy atom. The van der Waals surface area contributed by atoms with Gasteiger partial charge in [-0.3, -0.25) is 4.68 Å². The van der Waals surface area contributed by atoms with E-state index in [9.17, 15) is 21.6 Å². The van der Waals surface area contributed by atoms with E-state index in [2.05, 4.69) is 14.6 Å². The van der Waals surface area contributed by atoms with Crippen LogP contribution >= 0.6 is 11.3 Å². The quantitative estimate of drug-likeness (QED) is 0.640. The SMILES string of the molecule is O=S(=O)(NCC(c1cccs1)n1cccn1)c1ccccc1OC(F)(F)F. The second-order valence-electron chi connectivity index (χ2n) is 5.36. The van der Waals surface area contributed by atoms with Crippen LogP contribution in [0.1, 0.15) is 10.9 Å². The van der Waals surface area contributed by atoms with E-state index in [-0.39, 0.29) is 6.54 Å². The zero-order chi connectivity index (χ0) is 19.5. The molecule has 6 nitrogen and oxygen atoms in total. The second kappa shape index (κ2) is 7.71. The molecule has 0 radical (unpaired) electrons. The van der Waals surface area contributed by atoms with Crippen molar-refractivity contribution in [3.63, 3.8) is 0 Å². The molecule has 0 aliphatic rings. The fourth-order valence-electron chi connectivity index (χ4n) is 2.42. The van der Waals surface area contributed by atoms with Crippen LogP contribution in [-0.4, -0.2) is 31.1 Å². The van der Waals surface area contributed by atoms with Gasteiger partial charge < -0.3 is 4.74 Å². The molecule has 0 amide bonds. The van der Waals surface area contributed by atoms with Gasteiger partial charge in [-0.05, 0) is 29.6 Å². The molecule has 11 heteroatoms. The fraction of sp³-hybridized carbons (Fsp3) is 0.188. The van der Waals surface area contributed by atoms with Gasteiger partial charge >= 0.3 is 6.36 Å². The number of hydrogen-bond acceptors (Lipinski definition) is 5. The van der Waals surface area contributed by atoms with Crippen LogP contribution in [0, 0.1) is 0 Å². The first kappa shape index (κ1) is 19.4. The fourth-order valence-corrected chi connectivity index (χ4v) is 4.40. The van der Waals surface area contributed by atoms with Crippen molar-refractivity contribution in [1.82, 2.24) is 14.5 Å². The zero-order valence-corrected chi connectivity index (χ0v) is 15.3. The number of rotatable bonds is 7. The average molecular weight is 417 g/mol. The Bertz CT molecular complexity index is 938. The summed E-state index contributed by atoms with van der Waals surface area (Å²) in [6.07, 6.45) is -1.76. The maximum atomic E-state index is 12.6. The Labute approximate surface area is 157 Å². The van der Waals surface area contributed by atoms with Gasteiger partial charge in [0, 0.05) is 23.8 Å². The lowest BCUT2D eigenvalue weighted by molar-refractivity contribution is -0.275. The molecule has 1 unspecified atom stereocenters. The smallest absolute Gasteiger partial charge is 0.404 e. The molecule has 0 bridgehead atoms. The predicted molar refractivity (Wildman–Crippen MR) is 93.0 cm³/mol. The van der Waals surface area contributed by atoms with Crippen LogP contribution in [0.2, 0.25) is 0 Å². The maximum absolute atomic E-state index is 12.6. The van der Waals surface area contributed by atoms with Gasteiger partial charge in [0.05, 0.1) is 6.04 Å². The number of alkyl halides is 3. The van der Waals surface area contributed by atoms with Gasteiger partial charge in [-0.1, -0.05) is 18.2 Å². The molecule has 27 heavy (non-hydrogen) atoms. The van der Waals surface area contributed by atoms with Crippen molar-refractivity contribution in [2.45, 2.75) is 17.3 Å². The zero-order valence-electron chi connectivity index (χ0n) is 13.6. The third-order valence-electron chi connectivity index (χ3n) is 3.55. The molecule has 1 aromatic carbocycles. The van der Waals surface area contributed by atoms with E-state index < -0.39 is 33.1 Å². The van der Waals surface area contributed by atoms with Crippen LogP contribution in [0.15, 0.2) is 65.1 Å². The number of hydrogen-bond donors (Lipinski definition) is 1. The summed E-state index contributed by atoms with van der Waals surface area (Å²) >= 11 is 1.42. The van der Waals surface area contributed by atoms with Gasteiger partial charge in [0.1, 0.15) is 10.6 Å². The van der Waals surface area contributed by atoms with Crippen molar-refractivity contribution in [2.24, 2.45) is 0 Å². The van der Waals surface area contributed by atoms with Crippen LogP contribution < -0.4 is 9.46 Å². The summed E-state index contributed by atoms with van der Waals surface area (Å²) in [4.78, 5) is 0.258. The summed E-state index contributed by atoms with van der Waals surface area (Å²) in [5.74, 6) is -0.788. The molecule has 0 saturated heterocycles. The Balaban J connectivity index is 1.84. The molecule has 2 aromatic heterocycles. The Morgan fingerprint density at radius 2 is 1.96 bits per heavy atom. The minimum Gasteiger partial charge on any atom is -0.404 e. The van der Waals surface area contributed by atoms with Crippen molar-refractivity contribution >= 4 is 21.4 Å². The van der Waals surface area contributed by atoms with E-state index in [4.69, 9.17) is 0 Å². The summed E-state index contributed by atoms with van der Waals surface area (Å²) in [6.45, 7) is -0.0924. The van der Waals surface area contributed by atoms with Crippen molar-refractivity contribution in [3.05, 3.63) is 65.1 Å². The van der Waals surface area contributed by atoms with Gasteiger partial charge in [0.15, 0.2) is 0 Å². The van der Waals surface area contributed by atoms with Crippen LogP contribution in [0.5, 0.6) is 5.75 Å². The van der Waals surface area contributed by atoms with Crippen LogP contribution in [0.4, 0.5) is 13.2 Å². The highest BCUT2D eigenvalue weighted by Crippen LogP contribution is 2.30. The molecule has 3 aromatic rings. The van der Waals surface area contributed by atoms with Gasteiger partial charge in [0.2, 0.25) is 10.0 Å². The molecular formula is C16H14F3N3O3S2. The average Bonchev–Trinajstić information content (AvgIpc) is 3.28. The summed E-state index contributed by atoms with van der Waals surface area (Å²) in [7, 11) is -4.25. The molecular weight excluding hydrogens is 403 g/mol. The third-order valence-corrected chi connectivity index (χ3v) is 5.98. The number of ether oxygens (including phenoxy) is 1. The lowest BCUT2D eigenvalue weighted by Gasteiger charge is -2.18. The van der Waals surface area contributed by atoms with E-state index in [0.29, 0.717) is 0 Å². The van der Waals surface area contributed by atoms with Crippen molar-refractivity contribution in [3.8, 4) is 5.75 Å². The summed E-state index contributed by atoms with van der Waals surface area (Å²) in [5, 5.41) is 5.97. The van der Waals surface area contributed by atoms with E-state index >= 15 is 0 Å². The summed E-state index contributed by atoms with van der Waals surface area (Å²) in [5.41, 5.74) is 0. The highest BCUT2D eigenvalue weighted by molar-refractivity contribution is 7.89. The van der Waals surface area contributed by atoms with E-state index in [1.54, 1.807) is 23.1 Å². The molecule has 0 spiro atoms.